The average Bonchev–Trinajstić information content (AvgIpc) is 2.71. The lowest BCUT2D eigenvalue weighted by atomic mass is 10.2. The van der Waals surface area contributed by atoms with E-state index < -0.39 is 0 Å². The number of ether oxygens (including phenoxy) is 1. The molecule has 0 aliphatic heterocycles. The Balaban J connectivity index is 0.000000980. The summed E-state index contributed by atoms with van der Waals surface area (Å²) in [4.78, 5) is 7.19. The summed E-state index contributed by atoms with van der Waals surface area (Å²) >= 11 is 0. The zero-order valence-corrected chi connectivity index (χ0v) is 7.32. The lowest BCUT2D eigenvalue weighted by Gasteiger charge is -2.00. The predicted octanol–water partition coefficient (Wildman–Crippen LogP) is 2.72. The molecule has 1 aromatic carbocycles. The van der Waals surface area contributed by atoms with Gasteiger partial charge in [-0.25, -0.2) is 4.98 Å². The number of aromatic nitrogens is 2. The topological polar surface area (TPSA) is 37.9 Å². The normalized spacial score (nSPS) is 9.21. The Labute approximate surface area is 83.8 Å². The zero-order valence-electron chi connectivity index (χ0n) is 7.32. The van der Waals surface area contributed by atoms with E-state index >= 15 is 0 Å². The van der Waals surface area contributed by atoms with Crippen LogP contribution in [0.25, 0.3) is 11.4 Å². The number of hydrogen-bond donors (Lipinski definition) is 1. The molecule has 0 saturated heterocycles. The van der Waals surface area contributed by atoms with Crippen molar-refractivity contribution in [3.8, 4) is 17.1 Å². The quantitative estimate of drug-likeness (QED) is 0.790. The first-order valence-electron chi connectivity index (χ1n) is 4.04. The third kappa shape index (κ3) is 1.93. The zero-order chi connectivity index (χ0) is 9.10. The Kier molecular flexibility index (Phi) is 3.29. The highest BCUT2D eigenvalue weighted by molar-refractivity contribution is 5.57. The molecule has 0 bridgehead atoms. The molecule has 1 heterocycles. The van der Waals surface area contributed by atoms with E-state index in [0.29, 0.717) is 0 Å². The molecule has 0 unspecified atom stereocenters. The number of rotatable bonds is 2. The Bertz CT molecular complexity index is 382. The van der Waals surface area contributed by atoms with Gasteiger partial charge in [-0.3, -0.25) is 0 Å². The Hall–Kier alpha value is -1.77. The Morgan fingerprint density at radius 3 is 2.86 bits per heavy atom. The van der Waals surface area contributed by atoms with Crippen LogP contribution in [0.5, 0.6) is 5.75 Å². The number of aromatic amines is 1. The molecule has 0 aliphatic carbocycles. The molecule has 2 rings (SSSR count). The lowest BCUT2D eigenvalue weighted by molar-refractivity contribution is 0.415. The monoisotopic (exact) mass is 190 g/mol. The second kappa shape index (κ2) is 4.46. The summed E-state index contributed by atoms with van der Waals surface area (Å²) < 4.78 is 5.11. The van der Waals surface area contributed by atoms with Crippen molar-refractivity contribution in [2.75, 3.05) is 7.11 Å². The summed E-state index contributed by atoms with van der Waals surface area (Å²) in [5.74, 6) is 1.70. The highest BCUT2D eigenvalue weighted by Crippen LogP contribution is 2.19. The van der Waals surface area contributed by atoms with Gasteiger partial charge >= 0.3 is 0 Å². The third-order valence-corrected chi connectivity index (χ3v) is 1.84. The van der Waals surface area contributed by atoms with Crippen molar-refractivity contribution in [2.45, 2.75) is 7.43 Å². The van der Waals surface area contributed by atoms with Crippen molar-refractivity contribution >= 4 is 0 Å². The maximum Gasteiger partial charge on any atom is 0.137 e. The number of nitrogens with zero attached hydrogens (tertiary/aromatic N) is 1. The largest absolute Gasteiger partial charge is 0.497 e. The number of methoxy groups -OCH3 is 1. The van der Waals surface area contributed by atoms with Crippen molar-refractivity contribution < 1.29 is 4.74 Å². The molecule has 3 heteroatoms. The van der Waals surface area contributed by atoms with Crippen LogP contribution >= 0.6 is 0 Å². The standard InChI is InChI=1S/C10H10N2O.CH4/c1-13-9-4-2-3-8(7-9)10-11-5-6-12-10;/h2-7H,1H3,(H,11,12);1H4. The summed E-state index contributed by atoms with van der Waals surface area (Å²) in [6.07, 6.45) is 3.53. The number of nitrogens with one attached hydrogen (secondary N) is 1. The molecular weight excluding hydrogens is 176 g/mol. The van der Waals surface area contributed by atoms with E-state index in [1.165, 1.54) is 0 Å². The van der Waals surface area contributed by atoms with Gasteiger partial charge in [-0.05, 0) is 12.1 Å². The second-order valence-electron chi connectivity index (χ2n) is 2.67. The third-order valence-electron chi connectivity index (χ3n) is 1.84. The van der Waals surface area contributed by atoms with Crippen LogP contribution in [0.1, 0.15) is 7.43 Å². The molecule has 0 aliphatic rings. The smallest absolute Gasteiger partial charge is 0.137 e. The number of hydrogen-bond acceptors (Lipinski definition) is 2. The Morgan fingerprint density at radius 1 is 1.36 bits per heavy atom. The van der Waals surface area contributed by atoms with Gasteiger partial charge in [-0.1, -0.05) is 19.6 Å². The van der Waals surface area contributed by atoms with Gasteiger partial charge < -0.3 is 9.72 Å². The fraction of sp³-hybridized carbons (Fsp3) is 0.182. The van der Waals surface area contributed by atoms with Gasteiger partial charge in [0.2, 0.25) is 0 Å². The number of benzene rings is 1. The minimum atomic E-state index is 0. The van der Waals surface area contributed by atoms with Crippen LogP contribution < -0.4 is 4.74 Å². The molecule has 14 heavy (non-hydrogen) atoms. The number of H-pyrrole nitrogens is 1. The molecule has 0 fully saturated rings. The predicted molar refractivity (Wildman–Crippen MR) is 57.3 cm³/mol. The van der Waals surface area contributed by atoms with E-state index in [1.54, 1.807) is 19.5 Å². The molecule has 1 aromatic heterocycles. The molecule has 0 atom stereocenters. The SMILES string of the molecule is C.COc1cccc(-c2ncc[nH]2)c1. The maximum atomic E-state index is 5.11. The molecular formula is C11H14N2O. The van der Waals surface area contributed by atoms with Crippen molar-refractivity contribution in [1.82, 2.24) is 9.97 Å². The van der Waals surface area contributed by atoms with Gasteiger partial charge in [0, 0.05) is 18.0 Å². The van der Waals surface area contributed by atoms with E-state index in [4.69, 9.17) is 4.74 Å². The molecule has 74 valence electrons. The van der Waals surface area contributed by atoms with Crippen LogP contribution in [-0.4, -0.2) is 17.1 Å². The maximum absolute atomic E-state index is 5.11. The van der Waals surface area contributed by atoms with Crippen LogP contribution in [-0.2, 0) is 0 Å². The van der Waals surface area contributed by atoms with E-state index in [9.17, 15) is 0 Å². The summed E-state index contributed by atoms with van der Waals surface area (Å²) in [6.45, 7) is 0. The van der Waals surface area contributed by atoms with Gasteiger partial charge in [0.15, 0.2) is 0 Å². The highest BCUT2D eigenvalue weighted by atomic mass is 16.5. The lowest BCUT2D eigenvalue weighted by Crippen LogP contribution is -1.84. The van der Waals surface area contributed by atoms with Crippen LogP contribution in [0.4, 0.5) is 0 Å². The second-order valence-corrected chi connectivity index (χ2v) is 2.67. The van der Waals surface area contributed by atoms with Gasteiger partial charge in [0.05, 0.1) is 7.11 Å². The van der Waals surface area contributed by atoms with Gasteiger partial charge in [0.25, 0.3) is 0 Å². The minimum absolute atomic E-state index is 0. The Morgan fingerprint density at radius 2 is 2.21 bits per heavy atom. The van der Waals surface area contributed by atoms with Gasteiger partial charge in [0.1, 0.15) is 11.6 Å². The first kappa shape index (κ1) is 10.3. The fourth-order valence-electron chi connectivity index (χ4n) is 1.19. The van der Waals surface area contributed by atoms with Crippen LogP contribution in [0.15, 0.2) is 36.7 Å². The van der Waals surface area contributed by atoms with Crippen molar-refractivity contribution in [1.29, 1.82) is 0 Å². The van der Waals surface area contributed by atoms with Gasteiger partial charge in [-0.2, -0.15) is 0 Å². The van der Waals surface area contributed by atoms with Crippen LogP contribution in [0, 0.1) is 0 Å². The average molecular weight is 190 g/mol. The van der Waals surface area contributed by atoms with Crippen LogP contribution in [0.2, 0.25) is 0 Å². The van der Waals surface area contributed by atoms with Crippen LogP contribution in [0.3, 0.4) is 0 Å². The summed E-state index contributed by atoms with van der Waals surface area (Å²) in [7, 11) is 1.65. The molecule has 2 aromatic rings. The molecule has 0 amide bonds. The van der Waals surface area contributed by atoms with Crippen molar-refractivity contribution in [3.05, 3.63) is 36.7 Å². The van der Waals surface area contributed by atoms with Crippen molar-refractivity contribution in [2.24, 2.45) is 0 Å². The number of imidazole rings is 1. The molecule has 0 radical (unpaired) electrons. The molecule has 1 N–H and O–H groups in total. The highest BCUT2D eigenvalue weighted by Gasteiger charge is 1.99. The summed E-state index contributed by atoms with van der Waals surface area (Å²) in [5.41, 5.74) is 1.03. The molecule has 0 saturated carbocycles. The van der Waals surface area contributed by atoms with Gasteiger partial charge in [-0.15, -0.1) is 0 Å². The first-order chi connectivity index (χ1) is 6.40. The molecule has 0 spiro atoms. The summed E-state index contributed by atoms with van der Waals surface area (Å²) in [5, 5.41) is 0. The summed E-state index contributed by atoms with van der Waals surface area (Å²) in [6, 6.07) is 7.78. The van der Waals surface area contributed by atoms with Crippen molar-refractivity contribution in [3.63, 3.8) is 0 Å². The fourth-order valence-corrected chi connectivity index (χ4v) is 1.19. The van der Waals surface area contributed by atoms with E-state index in [0.717, 1.165) is 17.1 Å². The first-order valence-corrected chi connectivity index (χ1v) is 4.04. The van der Waals surface area contributed by atoms with E-state index in [1.807, 2.05) is 24.3 Å². The minimum Gasteiger partial charge on any atom is -0.497 e. The van der Waals surface area contributed by atoms with E-state index in [2.05, 4.69) is 9.97 Å². The van der Waals surface area contributed by atoms with E-state index in [-0.39, 0.29) is 7.43 Å². The molecule has 3 nitrogen and oxygen atoms in total.